The topological polar surface area (TPSA) is 33.5 Å². The third kappa shape index (κ3) is 3.05. The molecule has 2 saturated heterocycles. The van der Waals surface area contributed by atoms with E-state index in [4.69, 9.17) is 4.74 Å². The molecule has 4 rings (SSSR count). The normalized spacial score (nSPS) is 21.6. The van der Waals surface area contributed by atoms with Crippen LogP contribution in [-0.2, 0) is 0 Å². The Hall–Kier alpha value is -1.53. The molecular formula is C18H23BrN4O. The Kier molecular flexibility index (Phi) is 4.50. The summed E-state index contributed by atoms with van der Waals surface area (Å²) < 4.78 is 8.43. The number of benzene rings is 1. The van der Waals surface area contributed by atoms with Gasteiger partial charge in [0.15, 0.2) is 0 Å². The van der Waals surface area contributed by atoms with Crippen LogP contribution in [0.15, 0.2) is 35.3 Å². The second kappa shape index (κ2) is 6.76. The second-order valence-corrected chi connectivity index (χ2v) is 7.40. The van der Waals surface area contributed by atoms with Crippen LogP contribution in [0, 0.1) is 0 Å². The van der Waals surface area contributed by atoms with Gasteiger partial charge in [-0.15, -0.1) is 0 Å². The minimum Gasteiger partial charge on any atom is -0.494 e. The van der Waals surface area contributed by atoms with Crippen LogP contribution in [0.25, 0.3) is 5.69 Å². The number of anilines is 1. The molecule has 1 atom stereocenters. The highest BCUT2D eigenvalue weighted by Crippen LogP contribution is 2.32. The van der Waals surface area contributed by atoms with Crippen LogP contribution < -0.4 is 9.64 Å². The summed E-state index contributed by atoms with van der Waals surface area (Å²) in [5.74, 6) is 0.877. The fourth-order valence-corrected chi connectivity index (χ4v) is 4.20. The molecule has 0 bridgehead atoms. The van der Waals surface area contributed by atoms with E-state index < -0.39 is 0 Å². The largest absolute Gasteiger partial charge is 0.494 e. The maximum Gasteiger partial charge on any atom is 0.144 e. The molecule has 0 radical (unpaired) electrons. The second-order valence-electron chi connectivity index (χ2n) is 6.59. The average molecular weight is 391 g/mol. The number of imidazole rings is 1. The molecule has 0 amide bonds. The molecule has 0 saturated carbocycles. The number of hydrogen-bond acceptors (Lipinski definition) is 4. The first-order valence-electron chi connectivity index (χ1n) is 8.61. The van der Waals surface area contributed by atoms with E-state index in [1.165, 1.54) is 38.0 Å². The van der Waals surface area contributed by atoms with Crippen molar-refractivity contribution in [3.8, 4) is 11.4 Å². The van der Waals surface area contributed by atoms with Gasteiger partial charge in [0.1, 0.15) is 16.7 Å². The van der Waals surface area contributed by atoms with Crippen LogP contribution in [0.2, 0.25) is 0 Å². The van der Waals surface area contributed by atoms with Gasteiger partial charge < -0.3 is 14.2 Å². The number of halogens is 1. The lowest BCUT2D eigenvalue weighted by Gasteiger charge is -2.25. The number of rotatable bonds is 4. The number of nitrogens with zero attached hydrogens (tertiary/aromatic N) is 4. The number of methoxy groups -OCH3 is 1. The summed E-state index contributed by atoms with van der Waals surface area (Å²) in [7, 11) is 1.73. The van der Waals surface area contributed by atoms with E-state index in [0.29, 0.717) is 6.04 Å². The third-order valence-corrected chi connectivity index (χ3v) is 5.59. The lowest BCUT2D eigenvalue weighted by Crippen LogP contribution is -2.35. The van der Waals surface area contributed by atoms with E-state index >= 15 is 0 Å². The van der Waals surface area contributed by atoms with E-state index in [2.05, 4.69) is 48.9 Å². The monoisotopic (exact) mass is 390 g/mol. The molecule has 2 fully saturated rings. The van der Waals surface area contributed by atoms with Gasteiger partial charge in [0.2, 0.25) is 0 Å². The fraction of sp³-hybridized carbons (Fsp3) is 0.500. The first-order chi connectivity index (χ1) is 11.7. The summed E-state index contributed by atoms with van der Waals surface area (Å²) in [6.45, 7) is 4.80. The molecule has 0 aliphatic carbocycles. The Labute approximate surface area is 151 Å². The molecule has 5 nitrogen and oxygen atoms in total. The molecule has 0 spiro atoms. The number of aromatic nitrogens is 2. The van der Waals surface area contributed by atoms with Crippen molar-refractivity contribution in [1.82, 2.24) is 14.5 Å². The summed E-state index contributed by atoms with van der Waals surface area (Å²) >= 11 is 3.40. The van der Waals surface area contributed by atoms with Crippen molar-refractivity contribution in [3.63, 3.8) is 0 Å². The highest BCUT2D eigenvalue weighted by Gasteiger charge is 2.29. The van der Waals surface area contributed by atoms with Crippen LogP contribution in [-0.4, -0.2) is 53.8 Å². The van der Waals surface area contributed by atoms with Gasteiger partial charge in [-0.3, -0.25) is 4.90 Å². The molecule has 1 aromatic carbocycles. The summed E-state index contributed by atoms with van der Waals surface area (Å²) in [5, 5.41) is 0. The maximum absolute atomic E-state index is 5.63. The van der Waals surface area contributed by atoms with Gasteiger partial charge in [0.25, 0.3) is 0 Å². The summed E-state index contributed by atoms with van der Waals surface area (Å²) in [6, 6.07) is 7.17. The Morgan fingerprint density at radius 2 is 2.04 bits per heavy atom. The third-order valence-electron chi connectivity index (χ3n) is 5.18. The van der Waals surface area contributed by atoms with Gasteiger partial charge in [-0.25, -0.2) is 4.98 Å². The summed E-state index contributed by atoms with van der Waals surface area (Å²) in [6.07, 6.45) is 7.72. The Bertz CT molecular complexity index is 711. The van der Waals surface area contributed by atoms with Crippen molar-refractivity contribution >= 4 is 21.6 Å². The van der Waals surface area contributed by atoms with Crippen LogP contribution in [0.4, 0.5) is 5.69 Å². The molecule has 6 heteroatoms. The first-order valence-corrected chi connectivity index (χ1v) is 9.41. The highest BCUT2D eigenvalue weighted by atomic mass is 79.9. The quantitative estimate of drug-likeness (QED) is 0.801. The fourth-order valence-electron chi connectivity index (χ4n) is 3.89. The van der Waals surface area contributed by atoms with Gasteiger partial charge in [-0.2, -0.15) is 0 Å². The Morgan fingerprint density at radius 3 is 2.75 bits per heavy atom. The lowest BCUT2D eigenvalue weighted by atomic mass is 10.2. The Morgan fingerprint density at radius 1 is 1.21 bits per heavy atom. The van der Waals surface area contributed by atoms with Crippen LogP contribution in [0.1, 0.15) is 19.3 Å². The predicted molar refractivity (Wildman–Crippen MR) is 99.2 cm³/mol. The SMILES string of the molecule is COc1cc(N2CC[C@@H](N3CCCC3)C2)ccc1-n1cnc(Br)c1. The molecule has 1 aromatic heterocycles. The molecule has 2 aliphatic heterocycles. The molecular weight excluding hydrogens is 368 g/mol. The van der Waals surface area contributed by atoms with Gasteiger partial charge >= 0.3 is 0 Å². The maximum atomic E-state index is 5.63. The zero-order chi connectivity index (χ0) is 16.5. The first kappa shape index (κ1) is 16.0. The van der Waals surface area contributed by atoms with Crippen LogP contribution >= 0.6 is 15.9 Å². The van der Waals surface area contributed by atoms with Crippen molar-refractivity contribution in [1.29, 1.82) is 0 Å². The van der Waals surface area contributed by atoms with Crippen molar-refractivity contribution < 1.29 is 4.74 Å². The van der Waals surface area contributed by atoms with Crippen molar-refractivity contribution in [2.75, 3.05) is 38.2 Å². The number of hydrogen-bond donors (Lipinski definition) is 0. The summed E-state index contributed by atoms with van der Waals surface area (Å²) in [4.78, 5) is 9.38. The molecule has 3 heterocycles. The van der Waals surface area contributed by atoms with E-state index in [0.717, 1.165) is 29.1 Å². The molecule has 128 valence electrons. The smallest absolute Gasteiger partial charge is 0.144 e. The zero-order valence-electron chi connectivity index (χ0n) is 14.0. The van der Waals surface area contributed by atoms with E-state index in [1.807, 2.05) is 10.8 Å². The molecule has 0 N–H and O–H groups in total. The van der Waals surface area contributed by atoms with Gasteiger partial charge in [0.05, 0.1) is 12.8 Å². The molecule has 2 aromatic rings. The van der Waals surface area contributed by atoms with Crippen molar-refractivity contribution in [3.05, 3.63) is 35.3 Å². The van der Waals surface area contributed by atoms with Gasteiger partial charge in [-0.05, 0) is 60.4 Å². The highest BCUT2D eigenvalue weighted by molar-refractivity contribution is 9.10. The van der Waals surface area contributed by atoms with Gasteiger partial charge in [-0.1, -0.05) is 0 Å². The number of likely N-dealkylation sites (tertiary alicyclic amines) is 1. The minimum atomic E-state index is 0.711. The zero-order valence-corrected chi connectivity index (χ0v) is 15.6. The number of ether oxygens (including phenoxy) is 1. The average Bonchev–Trinajstić information content (AvgIpc) is 3.34. The molecule has 2 aliphatic rings. The molecule has 0 unspecified atom stereocenters. The minimum absolute atomic E-state index is 0.711. The van der Waals surface area contributed by atoms with E-state index in [-0.39, 0.29) is 0 Å². The molecule has 24 heavy (non-hydrogen) atoms. The lowest BCUT2D eigenvalue weighted by molar-refractivity contribution is 0.260. The van der Waals surface area contributed by atoms with E-state index in [9.17, 15) is 0 Å². The van der Waals surface area contributed by atoms with Crippen LogP contribution in [0.3, 0.4) is 0 Å². The Balaban J connectivity index is 1.54. The predicted octanol–water partition coefficient (Wildman–Crippen LogP) is 3.32. The van der Waals surface area contributed by atoms with Crippen molar-refractivity contribution in [2.24, 2.45) is 0 Å². The van der Waals surface area contributed by atoms with Crippen molar-refractivity contribution in [2.45, 2.75) is 25.3 Å². The van der Waals surface area contributed by atoms with Crippen LogP contribution in [0.5, 0.6) is 5.75 Å². The summed E-state index contributed by atoms with van der Waals surface area (Å²) in [5.41, 5.74) is 2.26. The van der Waals surface area contributed by atoms with Gasteiger partial charge in [0, 0.05) is 37.1 Å². The standard InChI is InChI=1S/C18H23BrN4O/c1-24-17-10-14(4-5-16(17)23-12-18(19)20-13-23)22-9-6-15(11-22)21-7-2-3-8-21/h4-5,10,12-13,15H,2-3,6-9,11H2,1H3/t15-/m1/s1. The van der Waals surface area contributed by atoms with E-state index in [1.54, 1.807) is 13.4 Å².